The number of likely N-dealkylation sites (N-methyl/N-ethyl adjacent to an activating group) is 1. The summed E-state index contributed by atoms with van der Waals surface area (Å²) in [4.78, 5) is 69.6. The van der Waals surface area contributed by atoms with Gasteiger partial charge in [-0.3, -0.25) is 19.3 Å². The topological polar surface area (TPSA) is 140 Å². The van der Waals surface area contributed by atoms with E-state index in [1.165, 1.54) is 19.3 Å². The third-order valence-electron chi connectivity index (χ3n) is 6.28. The molecule has 3 heterocycles. The van der Waals surface area contributed by atoms with E-state index < -0.39 is 29.7 Å². The average molecular weight is 522 g/mol. The number of aromatic carboxylic acids is 1. The van der Waals surface area contributed by atoms with Gasteiger partial charge < -0.3 is 25.0 Å². The van der Waals surface area contributed by atoms with Crippen LogP contribution in [0, 0.1) is 0 Å². The van der Waals surface area contributed by atoms with Gasteiger partial charge in [-0.2, -0.15) is 0 Å². The Morgan fingerprint density at radius 3 is 2.26 bits per heavy atom. The van der Waals surface area contributed by atoms with Crippen LogP contribution in [0.1, 0.15) is 50.8 Å². The summed E-state index contributed by atoms with van der Waals surface area (Å²) >= 11 is 0. The number of pyridine rings is 1. The van der Waals surface area contributed by atoms with Crippen molar-refractivity contribution < 1.29 is 29.1 Å². The number of carboxylic acid groups (broad SMARTS) is 1. The molecular formula is C27H31N5O6. The van der Waals surface area contributed by atoms with E-state index in [0.29, 0.717) is 38.3 Å². The lowest BCUT2D eigenvalue weighted by Gasteiger charge is -2.36. The van der Waals surface area contributed by atoms with Crippen LogP contribution in [-0.2, 0) is 9.59 Å². The molecule has 2 N–H and O–H groups in total. The van der Waals surface area contributed by atoms with Gasteiger partial charge in [0.15, 0.2) is 0 Å². The Balaban J connectivity index is 0.00000127. The molecule has 11 heteroatoms. The Labute approximate surface area is 220 Å². The number of carbonyl (C=O) groups is 5. The molecule has 200 valence electrons. The third-order valence-corrected chi connectivity index (χ3v) is 6.28. The molecule has 2 aromatic rings. The maximum atomic E-state index is 13.1. The number of fused-ring (bicyclic) bond motifs is 1. The number of benzene rings is 1. The lowest BCUT2D eigenvalue weighted by molar-refractivity contribution is -0.124. The van der Waals surface area contributed by atoms with E-state index >= 15 is 0 Å². The number of anilines is 2. The van der Waals surface area contributed by atoms with E-state index in [0.717, 1.165) is 10.6 Å². The first-order valence-electron chi connectivity index (χ1n) is 12.2. The van der Waals surface area contributed by atoms with Crippen molar-refractivity contribution in [1.29, 1.82) is 0 Å². The quantitative estimate of drug-likeness (QED) is 0.303. The second-order valence-electron chi connectivity index (χ2n) is 8.68. The molecule has 1 unspecified atom stereocenters. The first-order chi connectivity index (χ1) is 18.3. The van der Waals surface area contributed by atoms with Crippen LogP contribution in [0.4, 0.5) is 11.5 Å². The van der Waals surface area contributed by atoms with E-state index in [9.17, 15) is 24.0 Å². The predicted molar refractivity (Wildman–Crippen MR) is 142 cm³/mol. The highest BCUT2D eigenvalue weighted by atomic mass is 16.4. The summed E-state index contributed by atoms with van der Waals surface area (Å²) in [6.45, 7) is 7.79. The average Bonchev–Trinajstić information content (AvgIpc) is 3.18. The number of carboxylic acids is 1. The highest BCUT2D eigenvalue weighted by Crippen LogP contribution is 2.30. The van der Waals surface area contributed by atoms with Crippen molar-refractivity contribution >= 4 is 41.5 Å². The van der Waals surface area contributed by atoms with Crippen molar-refractivity contribution in [3.05, 3.63) is 65.9 Å². The predicted octanol–water partition coefficient (Wildman–Crippen LogP) is 1.99. The number of amides is 3. The number of piperazine rings is 1. The minimum Gasteiger partial charge on any atom is -0.478 e. The summed E-state index contributed by atoms with van der Waals surface area (Å²) in [5.74, 6) is -1.93. The molecule has 0 radical (unpaired) electrons. The van der Waals surface area contributed by atoms with Gasteiger partial charge in [0.1, 0.15) is 18.1 Å². The van der Waals surface area contributed by atoms with E-state index in [1.807, 2.05) is 11.8 Å². The largest absolute Gasteiger partial charge is 0.478 e. The third kappa shape index (κ3) is 5.88. The number of nitrogens with zero attached hydrogens (tertiary/aromatic N) is 4. The zero-order valence-corrected chi connectivity index (χ0v) is 21.4. The number of nitrogens with one attached hydrogen (secondary N) is 1. The van der Waals surface area contributed by atoms with Crippen molar-refractivity contribution in [2.24, 2.45) is 0 Å². The Kier molecular flexibility index (Phi) is 9.31. The Morgan fingerprint density at radius 1 is 1.08 bits per heavy atom. The molecular weight excluding hydrogens is 490 g/mol. The molecule has 38 heavy (non-hydrogen) atoms. The first-order valence-corrected chi connectivity index (χ1v) is 12.2. The highest BCUT2D eigenvalue weighted by molar-refractivity contribution is 6.23. The van der Waals surface area contributed by atoms with Crippen LogP contribution in [0.25, 0.3) is 0 Å². The minimum atomic E-state index is -1.05. The molecule has 0 saturated carbocycles. The van der Waals surface area contributed by atoms with Crippen molar-refractivity contribution in [3.8, 4) is 0 Å². The van der Waals surface area contributed by atoms with Gasteiger partial charge >= 0.3 is 5.97 Å². The normalized spacial score (nSPS) is 15.3. The van der Waals surface area contributed by atoms with Gasteiger partial charge in [-0.25, -0.2) is 9.78 Å². The summed E-state index contributed by atoms with van der Waals surface area (Å²) in [5, 5.41) is 11.5. The molecule has 3 amide bonds. The number of hydrogen-bond acceptors (Lipinski definition) is 8. The van der Waals surface area contributed by atoms with Gasteiger partial charge in [-0.15, -0.1) is 6.58 Å². The van der Waals surface area contributed by atoms with Gasteiger partial charge in [-0.1, -0.05) is 6.08 Å². The number of aromatic nitrogens is 1. The fourth-order valence-electron chi connectivity index (χ4n) is 4.39. The van der Waals surface area contributed by atoms with Crippen LogP contribution in [0.2, 0.25) is 0 Å². The van der Waals surface area contributed by atoms with Crippen LogP contribution in [0.3, 0.4) is 0 Å². The monoisotopic (exact) mass is 521 g/mol. The number of rotatable bonds is 8. The zero-order chi connectivity index (χ0) is 27.8. The number of hydrogen-bond donors (Lipinski definition) is 2. The second kappa shape index (κ2) is 12.6. The summed E-state index contributed by atoms with van der Waals surface area (Å²) in [6.07, 6.45) is 3.85. The molecule has 1 saturated heterocycles. The van der Waals surface area contributed by atoms with Gasteiger partial charge in [-0.05, 0) is 43.7 Å². The van der Waals surface area contributed by atoms with Gasteiger partial charge in [0.05, 0.1) is 16.7 Å². The molecule has 2 aliphatic rings. The van der Waals surface area contributed by atoms with E-state index in [-0.39, 0.29) is 29.5 Å². The number of aldehydes is 1. The molecule has 2 aliphatic heterocycles. The molecule has 0 bridgehead atoms. The smallest absolute Gasteiger partial charge is 0.337 e. The summed E-state index contributed by atoms with van der Waals surface area (Å²) in [6, 6.07) is 7.21. The Bertz CT molecular complexity index is 1220. The van der Waals surface area contributed by atoms with Gasteiger partial charge in [0.2, 0.25) is 5.91 Å². The fraction of sp³-hybridized carbons (Fsp3) is 0.333. The molecule has 0 spiro atoms. The maximum Gasteiger partial charge on any atom is 0.337 e. The van der Waals surface area contributed by atoms with Crippen LogP contribution in [0.5, 0.6) is 0 Å². The van der Waals surface area contributed by atoms with Crippen LogP contribution >= 0.6 is 0 Å². The van der Waals surface area contributed by atoms with Gasteiger partial charge in [0.25, 0.3) is 11.8 Å². The van der Waals surface area contributed by atoms with E-state index in [4.69, 9.17) is 5.11 Å². The lowest BCUT2D eigenvalue weighted by Crippen LogP contribution is -2.48. The molecule has 0 aliphatic carbocycles. The lowest BCUT2D eigenvalue weighted by atomic mass is 10.1. The van der Waals surface area contributed by atoms with E-state index in [1.54, 1.807) is 30.3 Å². The molecule has 1 aromatic heterocycles. The SMILES string of the molecule is C=CC.CNC(=O)C(CCC=O)N1C(=O)c2ccc(N3CCN(c4ccc(C(=O)O)cn4)CC3)cc2C1=O. The van der Waals surface area contributed by atoms with Gasteiger partial charge in [0, 0.05) is 51.5 Å². The second-order valence-corrected chi connectivity index (χ2v) is 8.68. The van der Waals surface area contributed by atoms with Crippen LogP contribution in [-0.4, -0.2) is 84.2 Å². The summed E-state index contributed by atoms with van der Waals surface area (Å²) < 4.78 is 0. The molecule has 11 nitrogen and oxygen atoms in total. The molecule has 4 rings (SSSR count). The summed E-state index contributed by atoms with van der Waals surface area (Å²) in [5.41, 5.74) is 1.38. The van der Waals surface area contributed by atoms with E-state index in [2.05, 4.69) is 21.8 Å². The number of imide groups is 1. The van der Waals surface area contributed by atoms with Crippen molar-refractivity contribution in [2.75, 3.05) is 43.0 Å². The summed E-state index contributed by atoms with van der Waals surface area (Å²) in [7, 11) is 1.42. The molecule has 1 atom stereocenters. The minimum absolute atomic E-state index is 0.0505. The van der Waals surface area contributed by atoms with Crippen molar-refractivity contribution in [1.82, 2.24) is 15.2 Å². The Morgan fingerprint density at radius 2 is 1.71 bits per heavy atom. The first kappa shape index (κ1) is 28.0. The number of allylic oxidation sites excluding steroid dienone is 1. The van der Waals surface area contributed by atoms with Crippen LogP contribution < -0.4 is 15.1 Å². The zero-order valence-electron chi connectivity index (χ0n) is 21.4. The fourth-order valence-corrected chi connectivity index (χ4v) is 4.39. The van der Waals surface area contributed by atoms with Crippen molar-refractivity contribution in [2.45, 2.75) is 25.8 Å². The maximum absolute atomic E-state index is 13.1. The standard InChI is InChI=1S/C24H25N5O6.C3H6/c1-25-21(31)19(3-2-12-30)29-22(32)17-6-5-16(13-18(17)23(29)33)27-8-10-28(11-9-27)20-7-4-15(14-26-20)24(34)35;1-3-2/h4-7,12-14,19H,2-3,8-11H2,1H3,(H,25,31)(H,34,35);3H,1H2,2H3. The molecule has 1 fully saturated rings. The van der Waals surface area contributed by atoms with Crippen LogP contribution in [0.15, 0.2) is 49.2 Å². The number of carbonyl (C=O) groups excluding carboxylic acids is 4. The van der Waals surface area contributed by atoms with Crippen molar-refractivity contribution in [3.63, 3.8) is 0 Å². The highest BCUT2D eigenvalue weighted by Gasteiger charge is 2.42. The Hall–Kier alpha value is -4.54. The molecule has 1 aromatic carbocycles.